The lowest BCUT2D eigenvalue weighted by Crippen LogP contribution is -2.44. The summed E-state index contributed by atoms with van der Waals surface area (Å²) < 4.78 is 16.9. The number of benzene rings is 1. The van der Waals surface area contributed by atoms with Crippen LogP contribution in [0.2, 0.25) is 0 Å². The van der Waals surface area contributed by atoms with Crippen LogP contribution in [-0.4, -0.2) is 22.3 Å². The molecule has 0 amide bonds. The van der Waals surface area contributed by atoms with E-state index in [0.717, 1.165) is 42.9 Å². The van der Waals surface area contributed by atoms with Crippen LogP contribution in [0.25, 0.3) is 5.57 Å². The van der Waals surface area contributed by atoms with E-state index in [1.165, 1.54) is 5.56 Å². The molecule has 1 aliphatic heterocycles. The molecule has 20 heavy (non-hydrogen) atoms. The summed E-state index contributed by atoms with van der Waals surface area (Å²) in [5.74, 6) is 1.78. The van der Waals surface area contributed by atoms with Crippen LogP contribution in [-0.2, 0) is 15.5 Å². The minimum atomic E-state index is -0.553. The Kier molecular flexibility index (Phi) is 5.41. The van der Waals surface area contributed by atoms with Gasteiger partial charge in [0.15, 0.2) is 0 Å². The Labute approximate surface area is 124 Å². The molecule has 0 radical (unpaired) electrons. The third kappa shape index (κ3) is 3.95. The lowest BCUT2D eigenvalue weighted by Gasteiger charge is -2.40. The Morgan fingerprint density at radius 1 is 1.35 bits per heavy atom. The van der Waals surface area contributed by atoms with E-state index in [2.05, 4.69) is 26.0 Å². The topological polar surface area (TPSA) is 26.3 Å². The van der Waals surface area contributed by atoms with Crippen LogP contribution in [0.5, 0.6) is 0 Å². The predicted molar refractivity (Wildman–Crippen MR) is 85.9 cm³/mol. The first kappa shape index (κ1) is 15.3. The monoisotopic (exact) mass is 292 g/mol. The second-order valence-corrected chi connectivity index (χ2v) is 7.18. The molecule has 0 spiro atoms. The highest BCUT2D eigenvalue weighted by Crippen LogP contribution is 2.38. The maximum atomic E-state index is 11.3. The zero-order chi connectivity index (χ0) is 14.4. The van der Waals surface area contributed by atoms with Gasteiger partial charge < -0.3 is 4.74 Å². The second-order valence-electron chi connectivity index (χ2n) is 5.72. The van der Waals surface area contributed by atoms with Crippen molar-refractivity contribution >= 4 is 16.4 Å². The summed E-state index contributed by atoms with van der Waals surface area (Å²) in [6.07, 6.45) is 5.17. The van der Waals surface area contributed by atoms with Crippen LogP contribution in [0.15, 0.2) is 36.6 Å². The first-order valence-corrected chi connectivity index (χ1v) is 8.83. The molecule has 1 aromatic rings. The summed E-state index contributed by atoms with van der Waals surface area (Å²) in [5.41, 5.74) is 2.69. The van der Waals surface area contributed by atoms with E-state index in [9.17, 15) is 4.21 Å². The Bertz CT molecular complexity index is 471. The van der Waals surface area contributed by atoms with Crippen LogP contribution in [0, 0.1) is 5.41 Å². The summed E-state index contributed by atoms with van der Waals surface area (Å²) in [6.45, 7) is 5.02. The van der Waals surface area contributed by atoms with Crippen molar-refractivity contribution in [1.29, 1.82) is 0 Å². The Balaban J connectivity index is 1.70. The highest BCUT2D eigenvalue weighted by molar-refractivity contribution is 7.86. The fraction of sp³-hybridized carbons (Fsp3) is 0.529. The third-order valence-electron chi connectivity index (χ3n) is 4.14. The minimum Gasteiger partial charge on any atom is -0.501 e. The maximum Gasteiger partial charge on any atom is 0.0873 e. The number of rotatable bonds is 7. The molecule has 1 aliphatic rings. The van der Waals surface area contributed by atoms with Crippen LogP contribution < -0.4 is 0 Å². The van der Waals surface area contributed by atoms with Gasteiger partial charge >= 0.3 is 0 Å². The van der Waals surface area contributed by atoms with Crippen molar-refractivity contribution in [2.24, 2.45) is 5.41 Å². The van der Waals surface area contributed by atoms with E-state index in [1.54, 1.807) is 0 Å². The van der Waals surface area contributed by atoms with Crippen molar-refractivity contribution in [1.82, 2.24) is 0 Å². The van der Waals surface area contributed by atoms with E-state index in [1.807, 2.05) is 24.5 Å². The number of allylic oxidation sites excluding steroid dienone is 1. The molecule has 0 bridgehead atoms. The quantitative estimate of drug-likeness (QED) is 0.561. The van der Waals surface area contributed by atoms with E-state index < -0.39 is 10.8 Å². The molecule has 2 nitrogen and oxygen atoms in total. The van der Waals surface area contributed by atoms with E-state index >= 15 is 0 Å². The Morgan fingerprint density at radius 3 is 2.65 bits per heavy atom. The molecule has 0 saturated carbocycles. The molecule has 0 unspecified atom stereocenters. The summed E-state index contributed by atoms with van der Waals surface area (Å²) in [6, 6.07) is 10.3. The molecule has 0 atom stereocenters. The van der Waals surface area contributed by atoms with Crippen LogP contribution >= 0.6 is 0 Å². The number of hydrogen-bond donors (Lipinski definition) is 0. The van der Waals surface area contributed by atoms with Gasteiger partial charge in [0.1, 0.15) is 0 Å². The van der Waals surface area contributed by atoms with Crippen molar-refractivity contribution in [3.8, 4) is 0 Å². The second kappa shape index (κ2) is 7.07. The van der Waals surface area contributed by atoms with Crippen LogP contribution in [0.1, 0.15) is 38.7 Å². The summed E-state index contributed by atoms with van der Waals surface area (Å²) >= 11 is 0. The average Bonchev–Trinajstić information content (AvgIpc) is 2.45. The molecule has 0 N–H and O–H groups in total. The van der Waals surface area contributed by atoms with Gasteiger partial charge in [-0.2, -0.15) is 0 Å². The standard InChI is InChI=1S/C17H24O2S/c1-3-17(13-20(18)14-17)10-7-11-19-12-15(2)16-8-5-4-6-9-16/h4-6,8-9,12H,3,7,10-11,13-14H2,1-2H3/b15-12-. The fourth-order valence-corrected chi connectivity index (χ4v) is 4.63. The molecule has 1 fully saturated rings. The molecule has 3 heteroatoms. The average molecular weight is 292 g/mol. The first-order chi connectivity index (χ1) is 9.65. The van der Waals surface area contributed by atoms with Gasteiger partial charge in [-0.1, -0.05) is 37.3 Å². The third-order valence-corrected chi connectivity index (χ3v) is 6.01. The molecule has 1 heterocycles. The molecule has 0 aliphatic carbocycles. The zero-order valence-electron chi connectivity index (χ0n) is 12.4. The fourth-order valence-electron chi connectivity index (χ4n) is 2.65. The molecule has 1 aromatic carbocycles. The molecule has 110 valence electrons. The lowest BCUT2D eigenvalue weighted by atomic mass is 9.84. The van der Waals surface area contributed by atoms with E-state index in [0.29, 0.717) is 5.41 Å². The van der Waals surface area contributed by atoms with E-state index in [-0.39, 0.29) is 0 Å². The number of ether oxygens (including phenoxy) is 1. The zero-order valence-corrected chi connectivity index (χ0v) is 13.2. The molecular formula is C17H24O2S. The van der Waals surface area contributed by atoms with Crippen LogP contribution in [0.4, 0.5) is 0 Å². The van der Waals surface area contributed by atoms with Gasteiger partial charge in [0, 0.05) is 22.3 Å². The van der Waals surface area contributed by atoms with Crippen molar-refractivity contribution < 1.29 is 8.95 Å². The van der Waals surface area contributed by atoms with Gasteiger partial charge in [-0.05, 0) is 42.7 Å². The Hall–Kier alpha value is -1.09. The van der Waals surface area contributed by atoms with Gasteiger partial charge in [-0.3, -0.25) is 4.21 Å². The molecular weight excluding hydrogens is 268 g/mol. The SMILES string of the molecule is CCC1(CCCO/C=C(/C)c2ccccc2)CS(=O)C1. The largest absolute Gasteiger partial charge is 0.501 e. The van der Waals surface area contributed by atoms with Gasteiger partial charge in [0.05, 0.1) is 12.9 Å². The number of hydrogen-bond acceptors (Lipinski definition) is 2. The van der Waals surface area contributed by atoms with Gasteiger partial charge in [0.25, 0.3) is 0 Å². The maximum absolute atomic E-state index is 11.3. The smallest absolute Gasteiger partial charge is 0.0873 e. The van der Waals surface area contributed by atoms with Crippen molar-refractivity contribution in [3.05, 3.63) is 42.2 Å². The van der Waals surface area contributed by atoms with Crippen molar-refractivity contribution in [3.63, 3.8) is 0 Å². The molecule has 2 rings (SSSR count). The normalized spacial score (nSPS) is 26.1. The van der Waals surface area contributed by atoms with Gasteiger partial charge in [0.2, 0.25) is 0 Å². The summed E-state index contributed by atoms with van der Waals surface area (Å²) in [5, 5.41) is 0. The van der Waals surface area contributed by atoms with Crippen molar-refractivity contribution in [2.75, 3.05) is 18.1 Å². The first-order valence-electron chi connectivity index (χ1n) is 7.34. The minimum absolute atomic E-state index is 0.340. The predicted octanol–water partition coefficient (Wildman–Crippen LogP) is 4.00. The van der Waals surface area contributed by atoms with E-state index in [4.69, 9.17) is 4.74 Å². The highest BCUT2D eigenvalue weighted by atomic mass is 32.2. The highest BCUT2D eigenvalue weighted by Gasteiger charge is 2.40. The van der Waals surface area contributed by atoms with Gasteiger partial charge in [-0.25, -0.2) is 0 Å². The lowest BCUT2D eigenvalue weighted by molar-refractivity contribution is 0.209. The van der Waals surface area contributed by atoms with Crippen LogP contribution in [0.3, 0.4) is 0 Å². The molecule has 0 aromatic heterocycles. The molecule has 1 saturated heterocycles. The summed E-state index contributed by atoms with van der Waals surface area (Å²) in [4.78, 5) is 0. The van der Waals surface area contributed by atoms with Crippen molar-refractivity contribution in [2.45, 2.75) is 33.1 Å². The summed E-state index contributed by atoms with van der Waals surface area (Å²) in [7, 11) is -0.553. The van der Waals surface area contributed by atoms with Gasteiger partial charge in [-0.15, -0.1) is 0 Å². The Morgan fingerprint density at radius 2 is 2.05 bits per heavy atom.